The molecule has 2 rings (SSSR count). The van der Waals surface area contributed by atoms with Crippen LogP contribution in [0.15, 0.2) is 49.1 Å². The van der Waals surface area contributed by atoms with E-state index in [4.69, 9.17) is 0 Å². The molecule has 1 aromatic carbocycles. The summed E-state index contributed by atoms with van der Waals surface area (Å²) >= 11 is 0. The van der Waals surface area contributed by atoms with Gasteiger partial charge in [-0.3, -0.25) is 0 Å². The zero-order chi connectivity index (χ0) is 13.0. The van der Waals surface area contributed by atoms with E-state index in [0.717, 1.165) is 12.0 Å². The zero-order valence-electron chi connectivity index (χ0n) is 10.3. The minimum Gasteiger partial charge on any atom is -0.479 e. The topological polar surface area (TPSA) is 55.1 Å². The molecule has 18 heavy (non-hydrogen) atoms. The number of carbonyl (C=O) groups is 1. The third-order valence-corrected chi connectivity index (χ3v) is 3.28. The second kappa shape index (κ2) is 5.04. The maximum atomic E-state index is 11.5. The molecular formula is C14H16N2O2. The van der Waals surface area contributed by atoms with Crippen LogP contribution in [0.1, 0.15) is 18.9 Å². The number of carboxylic acids is 1. The minimum atomic E-state index is -0.952. The van der Waals surface area contributed by atoms with Crippen molar-refractivity contribution in [1.29, 1.82) is 0 Å². The standard InChI is InChI=1S/C14H16N2O2/c1-14(13(17)18,16-10-9-15-11-16)8-7-12-5-3-2-4-6-12/h2-6,9-11H,7-8H2,1H3,(H,17,18). The molecule has 94 valence electrons. The van der Waals surface area contributed by atoms with Crippen molar-refractivity contribution < 1.29 is 9.90 Å². The lowest BCUT2D eigenvalue weighted by molar-refractivity contribution is -0.147. The Kier molecular flexibility index (Phi) is 3.46. The SMILES string of the molecule is CC(CCc1ccccc1)(C(=O)O)n1ccnc1. The molecule has 0 bridgehead atoms. The molecule has 1 aromatic heterocycles. The summed E-state index contributed by atoms with van der Waals surface area (Å²) in [6.45, 7) is 1.72. The lowest BCUT2D eigenvalue weighted by Gasteiger charge is -2.26. The molecule has 4 nitrogen and oxygen atoms in total. The summed E-state index contributed by atoms with van der Waals surface area (Å²) in [6, 6.07) is 9.90. The number of hydrogen-bond donors (Lipinski definition) is 1. The number of aromatic nitrogens is 2. The Labute approximate surface area is 106 Å². The minimum absolute atomic E-state index is 0.530. The van der Waals surface area contributed by atoms with Gasteiger partial charge in [0.1, 0.15) is 5.54 Å². The van der Waals surface area contributed by atoms with E-state index in [-0.39, 0.29) is 0 Å². The summed E-state index contributed by atoms with van der Waals surface area (Å²) in [5.74, 6) is -0.837. The molecular weight excluding hydrogens is 228 g/mol. The fourth-order valence-electron chi connectivity index (χ4n) is 1.93. The Bertz CT molecular complexity index is 508. The largest absolute Gasteiger partial charge is 0.479 e. The molecule has 0 saturated carbocycles. The van der Waals surface area contributed by atoms with E-state index in [0.29, 0.717) is 6.42 Å². The van der Waals surface area contributed by atoms with Gasteiger partial charge < -0.3 is 9.67 Å². The second-order valence-corrected chi connectivity index (χ2v) is 4.53. The van der Waals surface area contributed by atoms with E-state index in [2.05, 4.69) is 4.98 Å². The van der Waals surface area contributed by atoms with E-state index < -0.39 is 11.5 Å². The molecule has 4 heteroatoms. The number of imidazole rings is 1. The van der Waals surface area contributed by atoms with Crippen LogP contribution >= 0.6 is 0 Å². The molecule has 0 aliphatic rings. The molecule has 1 unspecified atom stereocenters. The summed E-state index contributed by atoms with van der Waals surface area (Å²) in [7, 11) is 0. The van der Waals surface area contributed by atoms with Gasteiger partial charge in [-0.05, 0) is 25.3 Å². The van der Waals surface area contributed by atoms with Crippen LogP contribution in [0.2, 0.25) is 0 Å². The predicted molar refractivity (Wildman–Crippen MR) is 68.3 cm³/mol. The smallest absolute Gasteiger partial charge is 0.329 e. The number of nitrogens with zero attached hydrogens (tertiary/aromatic N) is 2. The number of carboxylic acid groups (broad SMARTS) is 1. The highest BCUT2D eigenvalue weighted by Crippen LogP contribution is 2.23. The fourth-order valence-corrected chi connectivity index (χ4v) is 1.93. The molecule has 0 spiro atoms. The third kappa shape index (κ3) is 2.42. The van der Waals surface area contributed by atoms with E-state index in [1.165, 1.54) is 0 Å². The van der Waals surface area contributed by atoms with Gasteiger partial charge in [0.25, 0.3) is 0 Å². The third-order valence-electron chi connectivity index (χ3n) is 3.28. The molecule has 1 heterocycles. The Morgan fingerprint density at radius 3 is 2.67 bits per heavy atom. The molecule has 0 aliphatic carbocycles. The summed E-state index contributed by atoms with van der Waals surface area (Å²) in [4.78, 5) is 15.4. The van der Waals surface area contributed by atoms with Crippen molar-refractivity contribution in [3.63, 3.8) is 0 Å². The fraction of sp³-hybridized carbons (Fsp3) is 0.286. The van der Waals surface area contributed by atoms with E-state index >= 15 is 0 Å². The first-order valence-electron chi connectivity index (χ1n) is 5.89. The summed E-state index contributed by atoms with van der Waals surface area (Å²) in [6.07, 6.45) is 6.10. The zero-order valence-corrected chi connectivity index (χ0v) is 10.3. The van der Waals surface area contributed by atoms with E-state index in [1.807, 2.05) is 30.3 Å². The molecule has 0 aliphatic heterocycles. The lowest BCUT2D eigenvalue weighted by Crippen LogP contribution is -2.38. The van der Waals surface area contributed by atoms with Crippen molar-refractivity contribution in [2.24, 2.45) is 0 Å². The van der Waals surface area contributed by atoms with Crippen LogP contribution in [0.3, 0.4) is 0 Å². The van der Waals surface area contributed by atoms with E-state index in [9.17, 15) is 9.90 Å². The van der Waals surface area contributed by atoms with Crippen LogP contribution < -0.4 is 0 Å². The number of aliphatic carboxylic acids is 1. The van der Waals surface area contributed by atoms with Crippen LogP contribution in [0.4, 0.5) is 0 Å². The second-order valence-electron chi connectivity index (χ2n) is 4.53. The Morgan fingerprint density at radius 2 is 2.11 bits per heavy atom. The number of hydrogen-bond acceptors (Lipinski definition) is 2. The highest BCUT2D eigenvalue weighted by molar-refractivity contribution is 5.76. The monoisotopic (exact) mass is 244 g/mol. The van der Waals surface area contributed by atoms with Crippen molar-refractivity contribution in [2.75, 3.05) is 0 Å². The quantitative estimate of drug-likeness (QED) is 0.878. The average molecular weight is 244 g/mol. The molecule has 2 aromatic rings. The maximum Gasteiger partial charge on any atom is 0.329 e. The molecule has 0 amide bonds. The van der Waals surface area contributed by atoms with Gasteiger partial charge in [-0.1, -0.05) is 30.3 Å². The normalized spacial score (nSPS) is 14.1. The van der Waals surface area contributed by atoms with Crippen LogP contribution in [-0.2, 0) is 16.8 Å². The Morgan fingerprint density at radius 1 is 1.39 bits per heavy atom. The Hall–Kier alpha value is -2.10. The molecule has 0 saturated heterocycles. The predicted octanol–water partition coefficient (Wildman–Crippen LogP) is 2.32. The average Bonchev–Trinajstić information content (AvgIpc) is 2.91. The van der Waals surface area contributed by atoms with Gasteiger partial charge in [0.15, 0.2) is 0 Å². The van der Waals surface area contributed by atoms with Gasteiger partial charge in [0, 0.05) is 12.4 Å². The molecule has 1 N–H and O–H groups in total. The van der Waals surface area contributed by atoms with Crippen LogP contribution in [-0.4, -0.2) is 20.6 Å². The highest BCUT2D eigenvalue weighted by Gasteiger charge is 2.34. The summed E-state index contributed by atoms with van der Waals surface area (Å²) < 4.78 is 1.65. The highest BCUT2D eigenvalue weighted by atomic mass is 16.4. The summed E-state index contributed by atoms with van der Waals surface area (Å²) in [5, 5.41) is 9.43. The van der Waals surface area contributed by atoms with Crippen molar-refractivity contribution in [1.82, 2.24) is 9.55 Å². The number of aryl methyl sites for hydroxylation is 1. The molecule has 0 fully saturated rings. The Balaban J connectivity index is 2.15. The van der Waals surface area contributed by atoms with Crippen molar-refractivity contribution in [3.05, 3.63) is 54.6 Å². The van der Waals surface area contributed by atoms with Gasteiger partial charge in [0.05, 0.1) is 6.33 Å². The van der Waals surface area contributed by atoms with Gasteiger partial charge in [-0.25, -0.2) is 9.78 Å². The van der Waals surface area contributed by atoms with Crippen LogP contribution in [0.5, 0.6) is 0 Å². The van der Waals surface area contributed by atoms with Crippen molar-refractivity contribution in [2.45, 2.75) is 25.3 Å². The number of rotatable bonds is 5. The first-order valence-corrected chi connectivity index (χ1v) is 5.89. The van der Waals surface area contributed by atoms with Crippen molar-refractivity contribution in [3.8, 4) is 0 Å². The van der Waals surface area contributed by atoms with Gasteiger partial charge in [0.2, 0.25) is 0 Å². The summed E-state index contributed by atoms with van der Waals surface area (Å²) in [5.41, 5.74) is 0.192. The van der Waals surface area contributed by atoms with Crippen LogP contribution in [0.25, 0.3) is 0 Å². The molecule has 0 radical (unpaired) electrons. The van der Waals surface area contributed by atoms with E-state index in [1.54, 1.807) is 30.2 Å². The first kappa shape index (κ1) is 12.4. The first-order chi connectivity index (χ1) is 8.63. The lowest BCUT2D eigenvalue weighted by atomic mass is 9.93. The van der Waals surface area contributed by atoms with Crippen LogP contribution in [0, 0.1) is 0 Å². The van der Waals surface area contributed by atoms with Crippen molar-refractivity contribution >= 4 is 5.97 Å². The van der Waals surface area contributed by atoms with Gasteiger partial charge in [-0.2, -0.15) is 0 Å². The van der Waals surface area contributed by atoms with Gasteiger partial charge >= 0.3 is 5.97 Å². The molecule has 1 atom stereocenters. The van der Waals surface area contributed by atoms with Gasteiger partial charge in [-0.15, -0.1) is 0 Å². The maximum absolute atomic E-state index is 11.5. The number of benzene rings is 1.